The van der Waals surface area contributed by atoms with E-state index in [1.807, 2.05) is 6.92 Å². The molecule has 0 aromatic carbocycles. The summed E-state index contributed by atoms with van der Waals surface area (Å²) in [5, 5.41) is 10.2. The van der Waals surface area contributed by atoms with Crippen LogP contribution in [0.25, 0.3) is 11.0 Å². The number of anilines is 1. The molecule has 2 aromatic rings. The topological polar surface area (TPSA) is 111 Å². The number of carbonyl (C=O) groups is 1. The lowest BCUT2D eigenvalue weighted by Gasteiger charge is -2.07. The van der Waals surface area contributed by atoms with Gasteiger partial charge < -0.3 is 10.8 Å². The molecule has 0 amide bonds. The number of aliphatic hydroxyl groups is 1. The molecule has 0 aliphatic heterocycles. The average molecular weight is 348 g/mol. The third-order valence-electron chi connectivity index (χ3n) is 3.10. The number of ketones is 1. The first-order valence-corrected chi connectivity index (χ1v) is 8.42. The van der Waals surface area contributed by atoms with Gasteiger partial charge >= 0.3 is 0 Å². The van der Waals surface area contributed by atoms with Gasteiger partial charge in [-0.05, 0) is 29.6 Å². The predicted molar refractivity (Wildman–Crippen MR) is 90.8 cm³/mol. The third-order valence-corrected chi connectivity index (χ3v) is 4.74. The first kappa shape index (κ1) is 15.5. The van der Waals surface area contributed by atoms with Gasteiger partial charge in [0.15, 0.2) is 10.9 Å². The zero-order valence-electron chi connectivity index (χ0n) is 12.0. The molecule has 0 saturated heterocycles. The largest absolute Gasteiger partial charge is 0.504 e. The van der Waals surface area contributed by atoms with E-state index in [4.69, 9.17) is 5.73 Å². The summed E-state index contributed by atoms with van der Waals surface area (Å²) in [6.45, 7) is 1.99. The van der Waals surface area contributed by atoms with Crippen molar-refractivity contribution in [3.63, 3.8) is 0 Å². The standard InChI is InChI=1S/C14H12N4O3S2/c1-2-22-14-17-23-13-16-12(21)8(11(15)18(13)14)5-7-3-4-9(19)10(20)6-7/h3-6,20H,2,15H2,1H3. The van der Waals surface area contributed by atoms with Crippen LogP contribution >= 0.6 is 23.3 Å². The molecule has 3 rings (SSSR count). The van der Waals surface area contributed by atoms with Crippen molar-refractivity contribution in [2.75, 3.05) is 11.5 Å². The van der Waals surface area contributed by atoms with E-state index >= 15 is 0 Å². The minimum atomic E-state index is -0.482. The Bertz CT molecular complexity index is 953. The molecule has 3 N–H and O–H groups in total. The monoisotopic (exact) mass is 348 g/mol. The number of aliphatic hydroxyl groups excluding tert-OH is 1. The Kier molecular flexibility index (Phi) is 4.05. The SMILES string of the molecule is CCSc1nsc2nc(=O)c(C=C3C=CC(=O)C(O)=C3)c(N)n12. The third kappa shape index (κ3) is 2.80. The molecule has 0 spiro atoms. The molecule has 0 radical (unpaired) electrons. The highest BCUT2D eigenvalue weighted by Crippen LogP contribution is 2.25. The van der Waals surface area contributed by atoms with Gasteiger partial charge in [-0.2, -0.15) is 9.36 Å². The zero-order chi connectivity index (χ0) is 16.6. The molecule has 0 bridgehead atoms. The number of hydrogen-bond acceptors (Lipinski definition) is 8. The second-order valence-corrected chi connectivity index (χ2v) is 6.56. The number of fused-ring (bicyclic) bond motifs is 1. The van der Waals surface area contributed by atoms with Crippen molar-refractivity contribution in [3.05, 3.63) is 45.5 Å². The van der Waals surface area contributed by atoms with Gasteiger partial charge in [0.1, 0.15) is 5.82 Å². The molecule has 1 aliphatic carbocycles. The number of rotatable bonds is 3. The van der Waals surface area contributed by atoms with Crippen LogP contribution < -0.4 is 11.3 Å². The summed E-state index contributed by atoms with van der Waals surface area (Å²) in [5.41, 5.74) is 6.33. The molecule has 118 valence electrons. The molecule has 0 fully saturated rings. The lowest BCUT2D eigenvalue weighted by Crippen LogP contribution is -2.16. The fraction of sp³-hybridized carbons (Fsp3) is 0.143. The van der Waals surface area contributed by atoms with Crippen LogP contribution in [0.1, 0.15) is 12.5 Å². The molecule has 9 heteroatoms. The zero-order valence-corrected chi connectivity index (χ0v) is 13.6. The maximum Gasteiger partial charge on any atom is 0.283 e. The summed E-state index contributed by atoms with van der Waals surface area (Å²) >= 11 is 2.60. The van der Waals surface area contributed by atoms with E-state index in [1.54, 1.807) is 4.40 Å². The van der Waals surface area contributed by atoms with E-state index in [1.165, 1.54) is 36.1 Å². The van der Waals surface area contributed by atoms with Gasteiger partial charge in [0.2, 0.25) is 10.7 Å². The van der Waals surface area contributed by atoms with Crippen molar-refractivity contribution in [3.8, 4) is 0 Å². The van der Waals surface area contributed by atoms with Crippen LogP contribution in [0, 0.1) is 0 Å². The number of nitrogens with two attached hydrogens (primary N) is 1. The van der Waals surface area contributed by atoms with Gasteiger partial charge in [-0.1, -0.05) is 24.8 Å². The summed E-state index contributed by atoms with van der Waals surface area (Å²) in [5.74, 6) is 0.174. The molecule has 0 unspecified atom stereocenters. The van der Waals surface area contributed by atoms with E-state index in [9.17, 15) is 14.7 Å². The van der Waals surface area contributed by atoms with Crippen molar-refractivity contribution >= 4 is 45.9 Å². The molecule has 7 nitrogen and oxygen atoms in total. The normalized spacial score (nSPS) is 16.3. The van der Waals surface area contributed by atoms with Crippen molar-refractivity contribution in [2.24, 2.45) is 0 Å². The molecule has 2 aromatic heterocycles. The minimum absolute atomic E-state index is 0.193. The van der Waals surface area contributed by atoms with E-state index in [-0.39, 0.29) is 17.1 Å². The fourth-order valence-corrected chi connectivity index (χ4v) is 3.63. The first-order chi connectivity index (χ1) is 11.0. The maximum atomic E-state index is 12.2. The number of thioether (sulfide) groups is 1. The quantitative estimate of drug-likeness (QED) is 0.814. The first-order valence-electron chi connectivity index (χ1n) is 6.66. The molecule has 1 aliphatic rings. The Morgan fingerprint density at radius 1 is 1.43 bits per heavy atom. The van der Waals surface area contributed by atoms with E-state index < -0.39 is 11.3 Å². The van der Waals surface area contributed by atoms with Gasteiger partial charge in [-0.15, -0.1) is 0 Å². The van der Waals surface area contributed by atoms with Gasteiger partial charge in [0.05, 0.1) is 5.56 Å². The highest BCUT2D eigenvalue weighted by atomic mass is 32.2. The van der Waals surface area contributed by atoms with E-state index in [0.29, 0.717) is 15.7 Å². The van der Waals surface area contributed by atoms with Crippen LogP contribution in [0.3, 0.4) is 0 Å². The average Bonchev–Trinajstić information content (AvgIpc) is 2.90. The Hall–Kier alpha value is -2.39. The minimum Gasteiger partial charge on any atom is -0.504 e. The maximum absolute atomic E-state index is 12.2. The summed E-state index contributed by atoms with van der Waals surface area (Å²) in [6.07, 6.45) is 5.51. The number of nitrogens with zero attached hydrogens (tertiary/aromatic N) is 3. The summed E-state index contributed by atoms with van der Waals surface area (Å²) in [4.78, 5) is 27.8. The number of hydrogen-bond donors (Lipinski definition) is 2. The fourth-order valence-electron chi connectivity index (χ4n) is 2.04. The second kappa shape index (κ2) is 6.01. The van der Waals surface area contributed by atoms with Crippen molar-refractivity contribution in [2.45, 2.75) is 12.1 Å². The number of nitrogen functional groups attached to an aromatic ring is 1. The van der Waals surface area contributed by atoms with Crippen molar-refractivity contribution in [1.29, 1.82) is 0 Å². The lowest BCUT2D eigenvalue weighted by atomic mass is 10.1. The van der Waals surface area contributed by atoms with Gasteiger partial charge in [0, 0.05) is 11.5 Å². The molecule has 2 heterocycles. The van der Waals surface area contributed by atoms with Crippen LogP contribution in [0.5, 0.6) is 0 Å². The Morgan fingerprint density at radius 3 is 2.91 bits per heavy atom. The lowest BCUT2D eigenvalue weighted by molar-refractivity contribution is -0.113. The summed E-state index contributed by atoms with van der Waals surface area (Å²) in [6, 6.07) is 0. The summed E-state index contributed by atoms with van der Waals surface area (Å²) < 4.78 is 5.88. The molecule has 0 saturated carbocycles. The highest BCUT2D eigenvalue weighted by Gasteiger charge is 2.16. The van der Waals surface area contributed by atoms with Gasteiger partial charge in [-0.25, -0.2) is 4.40 Å². The van der Waals surface area contributed by atoms with Gasteiger partial charge in [0.25, 0.3) is 5.56 Å². The smallest absolute Gasteiger partial charge is 0.283 e. The molecule has 0 atom stereocenters. The molecular weight excluding hydrogens is 336 g/mol. The second-order valence-electron chi connectivity index (χ2n) is 4.60. The predicted octanol–water partition coefficient (Wildman–Crippen LogP) is 1.81. The van der Waals surface area contributed by atoms with Crippen LogP contribution in [0.15, 0.2) is 39.5 Å². The van der Waals surface area contributed by atoms with E-state index in [0.717, 1.165) is 17.3 Å². The van der Waals surface area contributed by atoms with Crippen LogP contribution in [-0.4, -0.2) is 30.4 Å². The number of aromatic nitrogens is 3. The van der Waals surface area contributed by atoms with E-state index in [2.05, 4.69) is 9.36 Å². The Morgan fingerprint density at radius 2 is 2.22 bits per heavy atom. The van der Waals surface area contributed by atoms with Crippen LogP contribution in [0.4, 0.5) is 5.82 Å². The van der Waals surface area contributed by atoms with Crippen molar-refractivity contribution < 1.29 is 9.90 Å². The van der Waals surface area contributed by atoms with Gasteiger partial charge in [-0.3, -0.25) is 9.59 Å². The van der Waals surface area contributed by atoms with Crippen molar-refractivity contribution in [1.82, 2.24) is 13.8 Å². The number of allylic oxidation sites excluding steroid dienone is 4. The number of carbonyl (C=O) groups excluding carboxylic acids is 1. The van der Waals surface area contributed by atoms with Crippen LogP contribution in [0.2, 0.25) is 0 Å². The summed E-state index contributed by atoms with van der Waals surface area (Å²) in [7, 11) is 0. The van der Waals surface area contributed by atoms with Crippen LogP contribution in [-0.2, 0) is 4.79 Å². The molecule has 23 heavy (non-hydrogen) atoms. The molecular formula is C14H12N4O3S2. The Balaban J connectivity index is 2.18. The Labute approximate surface area is 139 Å². The highest BCUT2D eigenvalue weighted by molar-refractivity contribution is 7.99.